The fourth-order valence-electron chi connectivity index (χ4n) is 1.85. The molecule has 0 aliphatic carbocycles. The lowest BCUT2D eigenvalue weighted by Crippen LogP contribution is -2.12. The van der Waals surface area contributed by atoms with Crippen LogP contribution in [0.25, 0.3) is 0 Å². The molecule has 0 saturated carbocycles. The zero-order chi connectivity index (χ0) is 14.8. The second-order valence-electron chi connectivity index (χ2n) is 5.79. The first-order valence-corrected chi connectivity index (χ1v) is 6.54. The van der Waals surface area contributed by atoms with Crippen molar-refractivity contribution in [2.45, 2.75) is 26.2 Å². The third-order valence-corrected chi connectivity index (χ3v) is 3.05. The van der Waals surface area contributed by atoms with Crippen LogP contribution < -0.4 is 10.5 Å². The molecule has 0 aliphatic rings. The van der Waals surface area contributed by atoms with Crippen LogP contribution in [0.5, 0.6) is 5.75 Å². The van der Waals surface area contributed by atoms with Crippen LogP contribution in [-0.2, 0) is 5.41 Å². The third kappa shape index (κ3) is 3.38. The molecule has 0 radical (unpaired) electrons. The number of nitrogens with two attached hydrogens (primary N) is 1. The maximum absolute atomic E-state index is 12.0. The van der Waals surface area contributed by atoms with Crippen molar-refractivity contribution in [2.24, 2.45) is 0 Å². The predicted molar refractivity (Wildman–Crippen MR) is 81.0 cm³/mol. The van der Waals surface area contributed by atoms with E-state index < -0.39 is 5.97 Å². The number of rotatable bonds is 2. The highest BCUT2D eigenvalue weighted by Gasteiger charge is 2.14. The van der Waals surface area contributed by atoms with Crippen molar-refractivity contribution in [3.05, 3.63) is 59.7 Å². The van der Waals surface area contributed by atoms with Gasteiger partial charge in [-0.25, -0.2) is 4.79 Å². The SMILES string of the molecule is CC(C)(C)c1ccc(OC(=O)c2cccc(N)c2)cc1. The van der Waals surface area contributed by atoms with Crippen molar-refractivity contribution in [2.75, 3.05) is 5.73 Å². The predicted octanol–water partition coefficient (Wildman–Crippen LogP) is 3.79. The lowest BCUT2D eigenvalue weighted by molar-refractivity contribution is 0.0735. The van der Waals surface area contributed by atoms with E-state index in [4.69, 9.17) is 10.5 Å². The standard InChI is InChI=1S/C17H19NO2/c1-17(2,3)13-7-9-15(10-8-13)20-16(19)12-5-4-6-14(18)11-12/h4-11H,18H2,1-3H3. The number of hydrogen-bond acceptors (Lipinski definition) is 3. The molecule has 2 rings (SSSR count). The van der Waals surface area contributed by atoms with Crippen molar-refractivity contribution in [3.8, 4) is 5.75 Å². The number of esters is 1. The van der Waals surface area contributed by atoms with E-state index in [9.17, 15) is 4.79 Å². The molecule has 2 aromatic rings. The van der Waals surface area contributed by atoms with E-state index in [1.165, 1.54) is 5.56 Å². The third-order valence-electron chi connectivity index (χ3n) is 3.05. The Morgan fingerprint density at radius 1 is 1.05 bits per heavy atom. The minimum absolute atomic E-state index is 0.0798. The minimum atomic E-state index is -0.402. The van der Waals surface area contributed by atoms with Crippen molar-refractivity contribution < 1.29 is 9.53 Å². The average Bonchev–Trinajstić information content (AvgIpc) is 2.38. The van der Waals surface area contributed by atoms with Gasteiger partial charge in [0.25, 0.3) is 0 Å². The molecule has 0 fully saturated rings. The lowest BCUT2D eigenvalue weighted by Gasteiger charge is -2.19. The molecule has 0 unspecified atom stereocenters. The lowest BCUT2D eigenvalue weighted by atomic mass is 9.87. The number of carbonyl (C=O) groups excluding carboxylic acids is 1. The molecule has 3 nitrogen and oxygen atoms in total. The van der Waals surface area contributed by atoms with Crippen LogP contribution in [0.15, 0.2) is 48.5 Å². The van der Waals surface area contributed by atoms with E-state index in [-0.39, 0.29) is 5.41 Å². The first kappa shape index (κ1) is 14.1. The van der Waals surface area contributed by atoms with Gasteiger partial charge in [0.05, 0.1) is 5.56 Å². The summed E-state index contributed by atoms with van der Waals surface area (Å²) in [7, 11) is 0. The van der Waals surface area contributed by atoms with Gasteiger partial charge >= 0.3 is 5.97 Å². The number of ether oxygens (including phenoxy) is 1. The fourth-order valence-corrected chi connectivity index (χ4v) is 1.85. The summed E-state index contributed by atoms with van der Waals surface area (Å²) >= 11 is 0. The van der Waals surface area contributed by atoms with Crippen LogP contribution in [0.4, 0.5) is 5.69 Å². The minimum Gasteiger partial charge on any atom is -0.423 e. The number of hydrogen-bond donors (Lipinski definition) is 1. The summed E-state index contributed by atoms with van der Waals surface area (Å²) in [6.07, 6.45) is 0. The Morgan fingerprint density at radius 2 is 1.70 bits per heavy atom. The fraction of sp³-hybridized carbons (Fsp3) is 0.235. The van der Waals surface area contributed by atoms with E-state index >= 15 is 0 Å². The maximum atomic E-state index is 12.0. The van der Waals surface area contributed by atoms with Gasteiger partial charge < -0.3 is 10.5 Å². The van der Waals surface area contributed by atoms with Gasteiger partial charge in [0.1, 0.15) is 5.75 Å². The van der Waals surface area contributed by atoms with Crippen LogP contribution in [0, 0.1) is 0 Å². The van der Waals surface area contributed by atoms with Gasteiger partial charge in [0, 0.05) is 5.69 Å². The highest BCUT2D eigenvalue weighted by molar-refractivity contribution is 5.91. The molecule has 0 aliphatic heterocycles. The van der Waals surface area contributed by atoms with Gasteiger partial charge in [-0.15, -0.1) is 0 Å². The van der Waals surface area contributed by atoms with Crippen molar-refractivity contribution in [1.82, 2.24) is 0 Å². The normalized spacial score (nSPS) is 11.2. The molecule has 20 heavy (non-hydrogen) atoms. The summed E-state index contributed by atoms with van der Waals surface area (Å²) < 4.78 is 5.33. The van der Waals surface area contributed by atoms with Crippen LogP contribution in [0.3, 0.4) is 0 Å². The molecule has 0 heterocycles. The molecular weight excluding hydrogens is 250 g/mol. The van der Waals surface area contributed by atoms with E-state index in [1.807, 2.05) is 24.3 Å². The molecule has 0 amide bonds. The maximum Gasteiger partial charge on any atom is 0.343 e. The quantitative estimate of drug-likeness (QED) is 0.512. The number of benzene rings is 2. The molecule has 104 valence electrons. The van der Waals surface area contributed by atoms with Crippen molar-refractivity contribution >= 4 is 11.7 Å². The molecule has 3 heteroatoms. The van der Waals surface area contributed by atoms with Crippen LogP contribution in [0.1, 0.15) is 36.7 Å². The summed E-state index contributed by atoms with van der Waals surface area (Å²) in [5.41, 5.74) is 7.92. The van der Waals surface area contributed by atoms with Crippen molar-refractivity contribution in [1.29, 1.82) is 0 Å². The van der Waals surface area contributed by atoms with Gasteiger partial charge in [0.15, 0.2) is 0 Å². The highest BCUT2D eigenvalue weighted by Crippen LogP contribution is 2.24. The first-order chi connectivity index (χ1) is 9.36. The molecule has 2 aromatic carbocycles. The zero-order valence-electron chi connectivity index (χ0n) is 12.0. The average molecular weight is 269 g/mol. The summed E-state index contributed by atoms with van der Waals surface area (Å²) in [5.74, 6) is 0.131. The Morgan fingerprint density at radius 3 is 2.25 bits per heavy atom. The largest absolute Gasteiger partial charge is 0.423 e. The topological polar surface area (TPSA) is 52.3 Å². The second-order valence-corrected chi connectivity index (χ2v) is 5.79. The smallest absolute Gasteiger partial charge is 0.343 e. The van der Waals surface area contributed by atoms with Crippen LogP contribution >= 0.6 is 0 Å². The summed E-state index contributed by atoms with van der Waals surface area (Å²) in [5, 5.41) is 0. The number of nitrogen functional groups attached to an aromatic ring is 1. The van der Waals surface area contributed by atoms with Gasteiger partial charge in [-0.2, -0.15) is 0 Å². The number of carbonyl (C=O) groups is 1. The molecule has 0 atom stereocenters. The Hall–Kier alpha value is -2.29. The van der Waals surface area contributed by atoms with Gasteiger partial charge in [0.2, 0.25) is 0 Å². The number of anilines is 1. The van der Waals surface area contributed by atoms with Crippen molar-refractivity contribution in [3.63, 3.8) is 0 Å². The molecule has 0 spiro atoms. The Balaban J connectivity index is 2.12. The molecule has 0 saturated heterocycles. The van der Waals surface area contributed by atoms with Crippen LogP contribution in [-0.4, -0.2) is 5.97 Å². The highest BCUT2D eigenvalue weighted by atomic mass is 16.5. The Kier molecular flexibility index (Phi) is 3.79. The Labute approximate surface area is 119 Å². The zero-order valence-corrected chi connectivity index (χ0v) is 12.0. The second kappa shape index (κ2) is 5.37. The van der Waals surface area contributed by atoms with E-state index in [1.54, 1.807) is 24.3 Å². The van der Waals surface area contributed by atoms with E-state index in [0.717, 1.165) is 0 Å². The summed E-state index contributed by atoms with van der Waals surface area (Å²) in [6.45, 7) is 6.42. The molecular formula is C17H19NO2. The molecule has 0 aromatic heterocycles. The molecule has 0 bridgehead atoms. The van der Waals surface area contributed by atoms with Gasteiger partial charge in [-0.05, 0) is 41.3 Å². The van der Waals surface area contributed by atoms with Crippen LogP contribution in [0.2, 0.25) is 0 Å². The summed E-state index contributed by atoms with van der Waals surface area (Å²) in [6, 6.07) is 14.3. The van der Waals surface area contributed by atoms with Gasteiger partial charge in [-0.3, -0.25) is 0 Å². The first-order valence-electron chi connectivity index (χ1n) is 6.54. The monoisotopic (exact) mass is 269 g/mol. The van der Waals surface area contributed by atoms with E-state index in [0.29, 0.717) is 17.0 Å². The Bertz CT molecular complexity index is 610. The van der Waals surface area contributed by atoms with Gasteiger partial charge in [-0.1, -0.05) is 39.0 Å². The summed E-state index contributed by atoms with van der Waals surface area (Å²) in [4.78, 5) is 12.0. The van der Waals surface area contributed by atoms with E-state index in [2.05, 4.69) is 20.8 Å². The molecule has 2 N–H and O–H groups in total.